The predicted molar refractivity (Wildman–Crippen MR) is 62.1 cm³/mol. The first-order valence-corrected chi connectivity index (χ1v) is 5.14. The van der Waals surface area contributed by atoms with Gasteiger partial charge in [-0.2, -0.15) is 0 Å². The average Bonchev–Trinajstić information content (AvgIpc) is 2.26. The van der Waals surface area contributed by atoms with Gasteiger partial charge in [-0.3, -0.25) is 4.79 Å². The van der Waals surface area contributed by atoms with Crippen LogP contribution in [0.3, 0.4) is 0 Å². The molecule has 0 aromatic carbocycles. The van der Waals surface area contributed by atoms with E-state index in [-0.39, 0.29) is 5.91 Å². The Morgan fingerprint density at radius 3 is 2.94 bits per heavy atom. The molecule has 16 heavy (non-hydrogen) atoms. The summed E-state index contributed by atoms with van der Waals surface area (Å²) in [5.41, 5.74) is 5.60. The molecule has 0 radical (unpaired) electrons. The lowest BCUT2D eigenvalue weighted by Crippen LogP contribution is -2.21. The summed E-state index contributed by atoms with van der Waals surface area (Å²) in [6.07, 6.45) is 2.76. The fourth-order valence-corrected chi connectivity index (χ4v) is 1.15. The first kappa shape index (κ1) is 12.3. The molecule has 0 aliphatic carbocycles. The van der Waals surface area contributed by atoms with E-state index in [9.17, 15) is 4.79 Å². The highest BCUT2D eigenvalue weighted by atomic mass is 16.5. The summed E-state index contributed by atoms with van der Waals surface area (Å²) < 4.78 is 5.41. The minimum atomic E-state index is 0.0998. The summed E-state index contributed by atoms with van der Waals surface area (Å²) in [7, 11) is 3.48. The summed E-state index contributed by atoms with van der Waals surface area (Å²) >= 11 is 0. The Morgan fingerprint density at radius 2 is 2.31 bits per heavy atom. The topological polar surface area (TPSA) is 68.5 Å². The number of amides is 1. The molecule has 0 spiro atoms. The van der Waals surface area contributed by atoms with Gasteiger partial charge in [-0.05, 0) is 18.6 Å². The van der Waals surface area contributed by atoms with Crippen LogP contribution >= 0.6 is 0 Å². The molecule has 0 unspecified atom stereocenters. The lowest BCUT2D eigenvalue weighted by molar-refractivity contribution is -0.128. The normalized spacial score (nSPS) is 9.88. The van der Waals surface area contributed by atoms with Crippen LogP contribution in [0.4, 0.5) is 5.82 Å². The molecule has 1 aromatic heterocycles. The lowest BCUT2D eigenvalue weighted by Gasteiger charge is -2.10. The Bertz CT molecular complexity index is 353. The Kier molecular flexibility index (Phi) is 4.57. The number of aromatic nitrogens is 1. The highest BCUT2D eigenvalue weighted by molar-refractivity contribution is 5.75. The van der Waals surface area contributed by atoms with Gasteiger partial charge in [0.1, 0.15) is 0 Å². The molecule has 0 aliphatic heterocycles. The van der Waals surface area contributed by atoms with Crippen molar-refractivity contribution in [3.05, 3.63) is 18.3 Å². The van der Waals surface area contributed by atoms with Crippen LogP contribution in [0.5, 0.6) is 5.75 Å². The van der Waals surface area contributed by atoms with Crippen molar-refractivity contribution in [2.24, 2.45) is 0 Å². The molecule has 0 bridgehead atoms. The first-order valence-electron chi connectivity index (χ1n) is 5.14. The molecule has 0 saturated heterocycles. The highest BCUT2D eigenvalue weighted by Gasteiger charge is 2.04. The van der Waals surface area contributed by atoms with Gasteiger partial charge in [0.2, 0.25) is 5.91 Å². The van der Waals surface area contributed by atoms with E-state index >= 15 is 0 Å². The number of anilines is 1. The highest BCUT2D eigenvalue weighted by Crippen LogP contribution is 2.16. The third kappa shape index (κ3) is 3.76. The number of hydrogen-bond acceptors (Lipinski definition) is 4. The number of nitrogens with two attached hydrogens (primary N) is 1. The third-order valence-electron chi connectivity index (χ3n) is 2.09. The van der Waals surface area contributed by atoms with Crippen LogP contribution in [0.1, 0.15) is 12.8 Å². The van der Waals surface area contributed by atoms with Crippen LogP contribution in [0.25, 0.3) is 0 Å². The van der Waals surface area contributed by atoms with Gasteiger partial charge in [0.15, 0.2) is 11.6 Å². The molecule has 1 amide bonds. The Morgan fingerprint density at radius 1 is 1.56 bits per heavy atom. The van der Waals surface area contributed by atoms with Crippen LogP contribution in [0.2, 0.25) is 0 Å². The number of carbonyl (C=O) groups excluding carboxylic acids is 1. The smallest absolute Gasteiger partial charge is 0.222 e. The van der Waals surface area contributed by atoms with E-state index < -0.39 is 0 Å². The fourth-order valence-electron chi connectivity index (χ4n) is 1.15. The molecule has 1 rings (SSSR count). The molecule has 0 fully saturated rings. The minimum absolute atomic E-state index is 0.0998. The van der Waals surface area contributed by atoms with Crippen molar-refractivity contribution >= 4 is 11.7 Å². The number of nitrogen functional groups attached to an aromatic ring is 1. The van der Waals surface area contributed by atoms with Crippen molar-refractivity contribution in [2.75, 3.05) is 26.4 Å². The van der Waals surface area contributed by atoms with Crippen LogP contribution in [0.15, 0.2) is 18.3 Å². The SMILES string of the molecule is CN(C)C(=O)CCCOc1cccnc1N. The Hall–Kier alpha value is -1.78. The maximum atomic E-state index is 11.3. The van der Waals surface area contributed by atoms with Crippen molar-refractivity contribution in [3.63, 3.8) is 0 Å². The van der Waals surface area contributed by atoms with Crippen LogP contribution < -0.4 is 10.5 Å². The van der Waals surface area contributed by atoms with E-state index in [0.29, 0.717) is 31.0 Å². The second-order valence-electron chi connectivity index (χ2n) is 3.63. The molecule has 0 atom stereocenters. The number of carbonyl (C=O) groups is 1. The van der Waals surface area contributed by atoms with Crippen molar-refractivity contribution in [3.8, 4) is 5.75 Å². The standard InChI is InChI=1S/C11H17N3O2/c1-14(2)10(15)6-4-8-16-9-5-3-7-13-11(9)12/h3,5,7H,4,6,8H2,1-2H3,(H2,12,13). The van der Waals surface area contributed by atoms with Gasteiger partial charge in [-0.1, -0.05) is 0 Å². The third-order valence-corrected chi connectivity index (χ3v) is 2.09. The van der Waals surface area contributed by atoms with Gasteiger partial charge < -0.3 is 15.4 Å². The second kappa shape index (κ2) is 5.95. The summed E-state index contributed by atoms with van der Waals surface area (Å²) in [6.45, 7) is 0.468. The van der Waals surface area contributed by atoms with Gasteiger partial charge in [-0.15, -0.1) is 0 Å². The van der Waals surface area contributed by atoms with Crippen molar-refractivity contribution in [1.29, 1.82) is 0 Å². The molecule has 88 valence electrons. The van der Waals surface area contributed by atoms with E-state index in [4.69, 9.17) is 10.5 Å². The predicted octanol–water partition coefficient (Wildman–Crippen LogP) is 0.911. The number of hydrogen-bond donors (Lipinski definition) is 1. The Labute approximate surface area is 95.2 Å². The van der Waals surface area contributed by atoms with E-state index in [1.165, 1.54) is 0 Å². The van der Waals surface area contributed by atoms with E-state index in [0.717, 1.165) is 0 Å². The molecule has 1 aromatic rings. The molecule has 5 nitrogen and oxygen atoms in total. The van der Waals surface area contributed by atoms with Gasteiger partial charge in [0.25, 0.3) is 0 Å². The van der Waals surface area contributed by atoms with Crippen LogP contribution in [-0.2, 0) is 4.79 Å². The summed E-state index contributed by atoms with van der Waals surface area (Å²) in [5, 5.41) is 0. The monoisotopic (exact) mass is 223 g/mol. The van der Waals surface area contributed by atoms with Crippen molar-refractivity contribution < 1.29 is 9.53 Å². The summed E-state index contributed by atoms with van der Waals surface area (Å²) in [5.74, 6) is 1.05. The first-order chi connectivity index (χ1) is 7.61. The largest absolute Gasteiger partial charge is 0.490 e. The Balaban J connectivity index is 2.26. The van der Waals surface area contributed by atoms with Crippen molar-refractivity contribution in [2.45, 2.75) is 12.8 Å². The number of ether oxygens (including phenoxy) is 1. The van der Waals surface area contributed by atoms with E-state index in [1.54, 1.807) is 37.3 Å². The average molecular weight is 223 g/mol. The molecular formula is C11H17N3O2. The number of nitrogens with zero attached hydrogens (tertiary/aromatic N) is 2. The minimum Gasteiger partial charge on any atom is -0.490 e. The maximum Gasteiger partial charge on any atom is 0.222 e. The maximum absolute atomic E-state index is 11.3. The van der Waals surface area contributed by atoms with Gasteiger partial charge in [0, 0.05) is 26.7 Å². The van der Waals surface area contributed by atoms with Gasteiger partial charge in [-0.25, -0.2) is 4.98 Å². The summed E-state index contributed by atoms with van der Waals surface area (Å²) in [4.78, 5) is 16.7. The zero-order valence-corrected chi connectivity index (χ0v) is 9.64. The van der Waals surface area contributed by atoms with E-state index in [1.807, 2.05) is 0 Å². The molecule has 0 saturated carbocycles. The van der Waals surface area contributed by atoms with E-state index in [2.05, 4.69) is 4.98 Å². The quantitative estimate of drug-likeness (QED) is 0.753. The molecule has 0 aliphatic rings. The molecule has 2 N–H and O–H groups in total. The lowest BCUT2D eigenvalue weighted by atomic mass is 10.3. The van der Waals surface area contributed by atoms with Crippen LogP contribution in [-0.4, -0.2) is 36.5 Å². The zero-order valence-electron chi connectivity index (χ0n) is 9.64. The zero-order chi connectivity index (χ0) is 12.0. The molecule has 1 heterocycles. The van der Waals surface area contributed by atoms with Gasteiger partial charge in [0.05, 0.1) is 6.61 Å². The molecular weight excluding hydrogens is 206 g/mol. The van der Waals surface area contributed by atoms with Gasteiger partial charge >= 0.3 is 0 Å². The van der Waals surface area contributed by atoms with Crippen LogP contribution in [0, 0.1) is 0 Å². The second-order valence-corrected chi connectivity index (χ2v) is 3.63. The molecule has 5 heteroatoms. The number of rotatable bonds is 5. The number of pyridine rings is 1. The summed E-state index contributed by atoms with van der Waals surface area (Å²) in [6, 6.07) is 3.52. The fraction of sp³-hybridized carbons (Fsp3) is 0.455. The van der Waals surface area contributed by atoms with Crippen molar-refractivity contribution in [1.82, 2.24) is 9.88 Å².